The second kappa shape index (κ2) is 5.06. The van der Waals surface area contributed by atoms with E-state index in [0.29, 0.717) is 12.1 Å². The molecule has 3 rings (SSSR count). The predicted molar refractivity (Wildman–Crippen MR) is 82.0 cm³/mol. The fourth-order valence-electron chi connectivity index (χ4n) is 2.63. The van der Waals surface area contributed by atoms with Crippen molar-refractivity contribution in [1.29, 1.82) is 0 Å². The quantitative estimate of drug-likeness (QED) is 0.729. The largest absolute Gasteiger partial charge is 0.326 e. The van der Waals surface area contributed by atoms with E-state index in [2.05, 4.69) is 6.07 Å². The molecule has 0 unspecified atom stereocenters. The van der Waals surface area contributed by atoms with Crippen molar-refractivity contribution < 1.29 is 4.39 Å². The highest BCUT2D eigenvalue weighted by atomic mass is 19.1. The van der Waals surface area contributed by atoms with Gasteiger partial charge in [-0.25, -0.2) is 4.39 Å². The van der Waals surface area contributed by atoms with E-state index in [4.69, 9.17) is 5.73 Å². The van der Waals surface area contributed by atoms with Crippen LogP contribution in [0.2, 0.25) is 0 Å². The second-order valence-corrected chi connectivity index (χ2v) is 5.00. The van der Waals surface area contributed by atoms with Crippen LogP contribution in [0.1, 0.15) is 11.1 Å². The molecule has 0 heterocycles. The summed E-state index contributed by atoms with van der Waals surface area (Å²) in [6.45, 7) is 2.36. The zero-order chi connectivity index (χ0) is 14.1. The van der Waals surface area contributed by atoms with Gasteiger partial charge < -0.3 is 5.73 Å². The monoisotopic (exact) mass is 265 g/mol. The Morgan fingerprint density at radius 2 is 1.80 bits per heavy atom. The molecule has 3 aromatic carbocycles. The minimum absolute atomic E-state index is 0.215. The number of rotatable bonds is 2. The van der Waals surface area contributed by atoms with Crippen LogP contribution in [0.5, 0.6) is 0 Å². The normalized spacial score (nSPS) is 10.9. The number of hydrogen-bond acceptors (Lipinski definition) is 1. The van der Waals surface area contributed by atoms with Crippen molar-refractivity contribution in [3.05, 3.63) is 71.5 Å². The van der Waals surface area contributed by atoms with Gasteiger partial charge in [0.1, 0.15) is 5.82 Å². The first-order chi connectivity index (χ1) is 9.70. The van der Waals surface area contributed by atoms with Gasteiger partial charge in [-0.2, -0.15) is 0 Å². The summed E-state index contributed by atoms with van der Waals surface area (Å²) in [5, 5.41) is 2.20. The van der Waals surface area contributed by atoms with Crippen LogP contribution in [-0.4, -0.2) is 0 Å². The maximum absolute atomic E-state index is 14.4. The standard InChI is InChI=1S/C18H16FN/c1-12-6-8-14-4-2-3-5-15(14)18(12)16-9-7-13(11-20)10-17(16)19/h2-10H,11,20H2,1H3. The summed E-state index contributed by atoms with van der Waals surface area (Å²) in [5.74, 6) is -0.215. The van der Waals surface area contributed by atoms with E-state index in [1.807, 2.05) is 49.4 Å². The Labute approximate surface area is 117 Å². The van der Waals surface area contributed by atoms with Gasteiger partial charge in [-0.1, -0.05) is 48.5 Å². The maximum atomic E-state index is 14.4. The Balaban J connectivity index is 2.31. The van der Waals surface area contributed by atoms with Crippen molar-refractivity contribution in [2.75, 3.05) is 0 Å². The number of halogens is 1. The first-order valence-corrected chi connectivity index (χ1v) is 6.68. The van der Waals surface area contributed by atoms with Crippen molar-refractivity contribution in [1.82, 2.24) is 0 Å². The van der Waals surface area contributed by atoms with Gasteiger partial charge in [0, 0.05) is 12.1 Å². The lowest BCUT2D eigenvalue weighted by atomic mass is 9.93. The average Bonchev–Trinajstić information content (AvgIpc) is 2.48. The van der Waals surface area contributed by atoms with Crippen LogP contribution in [0, 0.1) is 12.7 Å². The van der Waals surface area contributed by atoms with E-state index in [1.165, 1.54) is 6.07 Å². The molecule has 0 bridgehead atoms. The highest BCUT2D eigenvalue weighted by Gasteiger charge is 2.11. The molecular formula is C18H16FN. The van der Waals surface area contributed by atoms with Gasteiger partial charge in [-0.3, -0.25) is 0 Å². The molecule has 0 fully saturated rings. The van der Waals surface area contributed by atoms with Gasteiger partial charge in [0.05, 0.1) is 0 Å². The molecule has 0 amide bonds. The van der Waals surface area contributed by atoms with Crippen molar-refractivity contribution in [3.63, 3.8) is 0 Å². The van der Waals surface area contributed by atoms with E-state index < -0.39 is 0 Å². The topological polar surface area (TPSA) is 26.0 Å². The minimum Gasteiger partial charge on any atom is -0.326 e. The summed E-state index contributed by atoms with van der Waals surface area (Å²) < 4.78 is 14.4. The third-order valence-electron chi connectivity index (χ3n) is 3.68. The molecule has 0 atom stereocenters. The van der Waals surface area contributed by atoms with Crippen LogP contribution in [0.15, 0.2) is 54.6 Å². The molecule has 100 valence electrons. The fourth-order valence-corrected chi connectivity index (χ4v) is 2.63. The average molecular weight is 265 g/mol. The van der Waals surface area contributed by atoms with Crippen LogP contribution in [0.4, 0.5) is 4.39 Å². The van der Waals surface area contributed by atoms with Gasteiger partial charge in [-0.05, 0) is 40.5 Å². The molecule has 2 heteroatoms. The first kappa shape index (κ1) is 12.8. The summed E-state index contributed by atoms with van der Waals surface area (Å²) in [6, 6.07) is 17.4. The molecule has 0 spiro atoms. The molecule has 0 aliphatic rings. The molecule has 2 N–H and O–H groups in total. The molecule has 1 nitrogen and oxygen atoms in total. The summed E-state index contributed by atoms with van der Waals surface area (Å²) in [4.78, 5) is 0. The summed E-state index contributed by atoms with van der Waals surface area (Å²) in [5.41, 5.74) is 9.04. The fraction of sp³-hybridized carbons (Fsp3) is 0.111. The molecule has 20 heavy (non-hydrogen) atoms. The smallest absolute Gasteiger partial charge is 0.131 e. The van der Waals surface area contributed by atoms with E-state index >= 15 is 0 Å². The van der Waals surface area contributed by atoms with Crippen molar-refractivity contribution in [3.8, 4) is 11.1 Å². The zero-order valence-electron chi connectivity index (χ0n) is 11.4. The lowest BCUT2D eigenvalue weighted by Gasteiger charge is -2.12. The molecule has 0 saturated carbocycles. The Kier molecular flexibility index (Phi) is 3.25. The highest BCUT2D eigenvalue weighted by molar-refractivity contribution is 5.98. The summed E-state index contributed by atoms with van der Waals surface area (Å²) >= 11 is 0. The maximum Gasteiger partial charge on any atom is 0.131 e. The van der Waals surface area contributed by atoms with Gasteiger partial charge in [-0.15, -0.1) is 0 Å². The molecule has 0 saturated heterocycles. The van der Waals surface area contributed by atoms with Gasteiger partial charge >= 0.3 is 0 Å². The molecule has 0 radical (unpaired) electrons. The predicted octanol–water partition coefficient (Wildman–Crippen LogP) is 4.41. The summed E-state index contributed by atoms with van der Waals surface area (Å²) in [7, 11) is 0. The lowest BCUT2D eigenvalue weighted by Crippen LogP contribution is -1.98. The van der Waals surface area contributed by atoms with Gasteiger partial charge in [0.15, 0.2) is 0 Å². The van der Waals surface area contributed by atoms with Crippen LogP contribution in [0.25, 0.3) is 21.9 Å². The van der Waals surface area contributed by atoms with Gasteiger partial charge in [0.2, 0.25) is 0 Å². The first-order valence-electron chi connectivity index (χ1n) is 6.68. The van der Waals surface area contributed by atoms with Crippen LogP contribution in [-0.2, 0) is 6.54 Å². The number of nitrogens with two attached hydrogens (primary N) is 1. The number of hydrogen-bond donors (Lipinski definition) is 1. The number of aryl methyl sites for hydroxylation is 1. The number of fused-ring (bicyclic) bond motifs is 1. The highest BCUT2D eigenvalue weighted by Crippen LogP contribution is 2.33. The van der Waals surface area contributed by atoms with Crippen LogP contribution < -0.4 is 5.73 Å². The van der Waals surface area contributed by atoms with E-state index in [-0.39, 0.29) is 5.82 Å². The van der Waals surface area contributed by atoms with E-state index in [9.17, 15) is 4.39 Å². The molecule has 0 aromatic heterocycles. The Morgan fingerprint density at radius 1 is 1.00 bits per heavy atom. The van der Waals surface area contributed by atoms with Crippen molar-refractivity contribution in [2.45, 2.75) is 13.5 Å². The Morgan fingerprint density at radius 3 is 2.55 bits per heavy atom. The number of benzene rings is 3. The second-order valence-electron chi connectivity index (χ2n) is 5.00. The van der Waals surface area contributed by atoms with Crippen LogP contribution in [0.3, 0.4) is 0 Å². The SMILES string of the molecule is Cc1ccc2ccccc2c1-c1ccc(CN)cc1F. The van der Waals surface area contributed by atoms with E-state index in [1.54, 1.807) is 0 Å². The molecular weight excluding hydrogens is 249 g/mol. The molecule has 0 aliphatic heterocycles. The third kappa shape index (κ3) is 2.08. The van der Waals surface area contributed by atoms with Crippen molar-refractivity contribution in [2.24, 2.45) is 5.73 Å². The third-order valence-corrected chi connectivity index (χ3v) is 3.68. The summed E-state index contributed by atoms with van der Waals surface area (Å²) in [6.07, 6.45) is 0. The Bertz CT molecular complexity index is 777. The molecule has 3 aromatic rings. The molecule has 0 aliphatic carbocycles. The minimum atomic E-state index is -0.215. The van der Waals surface area contributed by atoms with Crippen LogP contribution >= 0.6 is 0 Å². The zero-order valence-corrected chi connectivity index (χ0v) is 11.4. The Hall–Kier alpha value is -2.19. The van der Waals surface area contributed by atoms with Crippen molar-refractivity contribution >= 4 is 10.8 Å². The van der Waals surface area contributed by atoms with E-state index in [0.717, 1.165) is 27.5 Å². The lowest BCUT2D eigenvalue weighted by molar-refractivity contribution is 0.629. The van der Waals surface area contributed by atoms with Gasteiger partial charge in [0.25, 0.3) is 0 Å².